The molecule has 20 heavy (non-hydrogen) atoms. The first kappa shape index (κ1) is 13.1. The van der Waals surface area contributed by atoms with Crippen molar-refractivity contribution >= 4 is 32.8 Å². The van der Waals surface area contributed by atoms with Crippen LogP contribution in [0.5, 0.6) is 5.75 Å². The van der Waals surface area contributed by atoms with Crippen molar-refractivity contribution in [2.24, 2.45) is 0 Å². The average molecular weight is 342 g/mol. The molecule has 0 saturated carbocycles. The zero-order valence-corrected chi connectivity index (χ0v) is 11.9. The lowest BCUT2D eigenvalue weighted by Crippen LogP contribution is -2.27. The van der Waals surface area contributed by atoms with Crippen molar-refractivity contribution in [3.63, 3.8) is 0 Å². The Bertz CT molecular complexity index is 843. The molecule has 2 aromatic rings. The van der Waals surface area contributed by atoms with Gasteiger partial charge in [0.2, 0.25) is 0 Å². The summed E-state index contributed by atoms with van der Waals surface area (Å²) in [5.41, 5.74) is -0.540. The number of pyridine rings is 1. The van der Waals surface area contributed by atoms with E-state index in [1.807, 2.05) is 0 Å². The molecule has 7 heteroatoms. The molecule has 0 radical (unpaired) electrons. The summed E-state index contributed by atoms with van der Waals surface area (Å²) in [4.78, 5) is 23.4. The SMILES string of the molecule is CC1Cc2c(Br)c(F)cc3c(O)c(C(=O)O)c(=O)n1c23. The fourth-order valence-electron chi connectivity index (χ4n) is 2.77. The second kappa shape index (κ2) is 4.05. The van der Waals surface area contributed by atoms with Crippen molar-refractivity contribution in [1.29, 1.82) is 0 Å². The zero-order chi connectivity index (χ0) is 14.8. The maximum absolute atomic E-state index is 13.9. The third-order valence-corrected chi connectivity index (χ3v) is 4.46. The van der Waals surface area contributed by atoms with Gasteiger partial charge in [-0.25, -0.2) is 9.18 Å². The van der Waals surface area contributed by atoms with E-state index in [0.29, 0.717) is 17.5 Å². The van der Waals surface area contributed by atoms with Crippen LogP contribution in [0.3, 0.4) is 0 Å². The van der Waals surface area contributed by atoms with E-state index in [1.165, 1.54) is 4.57 Å². The number of carboxylic acids is 1. The minimum Gasteiger partial charge on any atom is -0.506 e. The monoisotopic (exact) mass is 341 g/mol. The Morgan fingerprint density at radius 3 is 2.80 bits per heavy atom. The molecule has 0 fully saturated rings. The molecule has 1 aliphatic heterocycles. The number of aromatic hydroxyl groups is 1. The van der Waals surface area contributed by atoms with Gasteiger partial charge in [0.25, 0.3) is 5.56 Å². The summed E-state index contributed by atoms with van der Waals surface area (Å²) in [6.07, 6.45) is 0.395. The number of nitrogens with zero attached hydrogens (tertiary/aromatic N) is 1. The smallest absolute Gasteiger partial charge is 0.345 e. The van der Waals surface area contributed by atoms with Gasteiger partial charge in [-0.05, 0) is 40.9 Å². The normalized spacial score (nSPS) is 16.9. The summed E-state index contributed by atoms with van der Waals surface area (Å²) in [5, 5.41) is 19.1. The van der Waals surface area contributed by atoms with Gasteiger partial charge in [0.05, 0.1) is 9.99 Å². The van der Waals surface area contributed by atoms with Crippen molar-refractivity contribution in [3.05, 3.63) is 37.8 Å². The number of carbonyl (C=O) groups is 1. The first-order valence-electron chi connectivity index (χ1n) is 5.86. The molecule has 0 spiro atoms. The van der Waals surface area contributed by atoms with Crippen LogP contribution in [0.1, 0.15) is 28.9 Å². The summed E-state index contributed by atoms with van der Waals surface area (Å²) in [7, 11) is 0. The highest BCUT2D eigenvalue weighted by atomic mass is 79.9. The molecule has 1 unspecified atom stereocenters. The Hall–Kier alpha value is -1.89. The highest BCUT2D eigenvalue weighted by Crippen LogP contribution is 2.40. The van der Waals surface area contributed by atoms with Gasteiger partial charge in [-0.15, -0.1) is 0 Å². The molecule has 3 rings (SSSR count). The van der Waals surface area contributed by atoms with Crippen LogP contribution in [-0.2, 0) is 6.42 Å². The molecule has 0 amide bonds. The minimum absolute atomic E-state index is 0.0436. The van der Waals surface area contributed by atoms with Crippen LogP contribution in [0, 0.1) is 5.82 Å². The quantitative estimate of drug-likeness (QED) is 0.834. The Balaban J connectivity index is 2.64. The molecular weight excluding hydrogens is 333 g/mol. The molecule has 1 atom stereocenters. The molecule has 0 aliphatic carbocycles. The largest absolute Gasteiger partial charge is 0.506 e. The van der Waals surface area contributed by atoms with E-state index < -0.39 is 28.7 Å². The topological polar surface area (TPSA) is 79.5 Å². The molecule has 5 nitrogen and oxygen atoms in total. The van der Waals surface area contributed by atoms with Gasteiger partial charge >= 0.3 is 5.97 Å². The number of hydrogen-bond donors (Lipinski definition) is 2. The van der Waals surface area contributed by atoms with E-state index in [0.717, 1.165) is 6.07 Å². The fraction of sp³-hybridized carbons (Fsp3) is 0.231. The second-order valence-corrected chi connectivity index (χ2v) is 5.60. The van der Waals surface area contributed by atoms with Crippen LogP contribution in [0.15, 0.2) is 15.3 Å². The average Bonchev–Trinajstić information content (AvgIpc) is 2.70. The Labute approximate surface area is 120 Å². The molecular formula is C13H9BrFNO4. The van der Waals surface area contributed by atoms with Gasteiger partial charge in [-0.2, -0.15) is 0 Å². The van der Waals surface area contributed by atoms with Gasteiger partial charge in [0.1, 0.15) is 11.6 Å². The third kappa shape index (κ3) is 1.46. The highest BCUT2D eigenvalue weighted by molar-refractivity contribution is 9.10. The lowest BCUT2D eigenvalue weighted by molar-refractivity contribution is 0.0691. The summed E-state index contributed by atoms with van der Waals surface area (Å²) < 4.78 is 15.4. The summed E-state index contributed by atoms with van der Waals surface area (Å²) in [6.45, 7) is 1.74. The molecule has 1 aromatic heterocycles. The minimum atomic E-state index is -1.53. The lowest BCUT2D eigenvalue weighted by Gasteiger charge is -2.12. The van der Waals surface area contributed by atoms with E-state index >= 15 is 0 Å². The van der Waals surface area contributed by atoms with E-state index in [2.05, 4.69) is 15.9 Å². The first-order chi connectivity index (χ1) is 9.34. The van der Waals surface area contributed by atoms with Crippen molar-refractivity contribution < 1.29 is 19.4 Å². The van der Waals surface area contributed by atoms with Gasteiger partial charge in [-0.1, -0.05) is 0 Å². The predicted molar refractivity (Wildman–Crippen MR) is 72.9 cm³/mol. The lowest BCUT2D eigenvalue weighted by atomic mass is 10.1. The van der Waals surface area contributed by atoms with Crippen LogP contribution in [0.2, 0.25) is 0 Å². The molecule has 2 N–H and O–H groups in total. The van der Waals surface area contributed by atoms with Crippen LogP contribution < -0.4 is 5.56 Å². The molecule has 0 bridgehead atoms. The zero-order valence-electron chi connectivity index (χ0n) is 10.3. The Morgan fingerprint density at radius 1 is 1.55 bits per heavy atom. The Kier molecular flexibility index (Phi) is 2.66. The van der Waals surface area contributed by atoms with Crippen molar-refractivity contribution in [1.82, 2.24) is 4.57 Å². The van der Waals surface area contributed by atoms with Gasteiger partial charge in [0, 0.05) is 11.4 Å². The number of hydrogen-bond acceptors (Lipinski definition) is 3. The molecule has 1 aliphatic rings. The van der Waals surface area contributed by atoms with Gasteiger partial charge < -0.3 is 14.8 Å². The Morgan fingerprint density at radius 2 is 2.20 bits per heavy atom. The van der Waals surface area contributed by atoms with Crippen molar-refractivity contribution in [2.45, 2.75) is 19.4 Å². The first-order valence-corrected chi connectivity index (χ1v) is 6.65. The summed E-state index contributed by atoms with van der Waals surface area (Å²) >= 11 is 3.13. The van der Waals surface area contributed by atoms with E-state index in [4.69, 9.17) is 5.11 Å². The van der Waals surface area contributed by atoms with Crippen LogP contribution in [0.25, 0.3) is 10.9 Å². The highest BCUT2D eigenvalue weighted by Gasteiger charge is 2.31. The van der Waals surface area contributed by atoms with E-state index in [-0.39, 0.29) is 15.9 Å². The number of aromatic nitrogens is 1. The van der Waals surface area contributed by atoms with Gasteiger partial charge in [0.15, 0.2) is 5.56 Å². The predicted octanol–water partition coefficient (Wildman–Crippen LogP) is 2.42. The second-order valence-electron chi connectivity index (χ2n) is 4.80. The third-order valence-electron chi connectivity index (χ3n) is 3.61. The van der Waals surface area contributed by atoms with Crippen molar-refractivity contribution in [2.75, 3.05) is 0 Å². The van der Waals surface area contributed by atoms with E-state index in [1.54, 1.807) is 6.92 Å². The number of aromatic carboxylic acids is 1. The summed E-state index contributed by atoms with van der Waals surface area (Å²) in [5.74, 6) is -2.81. The fourth-order valence-corrected chi connectivity index (χ4v) is 3.23. The number of rotatable bonds is 1. The maximum atomic E-state index is 13.9. The summed E-state index contributed by atoms with van der Waals surface area (Å²) in [6, 6.07) is 0.746. The van der Waals surface area contributed by atoms with Crippen LogP contribution in [-0.4, -0.2) is 20.7 Å². The van der Waals surface area contributed by atoms with Crippen molar-refractivity contribution in [3.8, 4) is 5.75 Å². The van der Waals surface area contributed by atoms with Crippen LogP contribution >= 0.6 is 15.9 Å². The number of carboxylic acid groups (broad SMARTS) is 1. The van der Waals surface area contributed by atoms with Gasteiger partial charge in [-0.3, -0.25) is 4.79 Å². The molecule has 104 valence electrons. The number of benzene rings is 1. The maximum Gasteiger partial charge on any atom is 0.345 e. The molecule has 2 heterocycles. The molecule has 0 saturated heterocycles. The number of halogens is 2. The standard InChI is InChI=1S/C13H9BrFNO4/c1-4-2-5-9(14)7(15)3-6-10(5)16(4)12(18)8(11(6)17)13(19)20/h3-4,17H,2H2,1H3,(H,19,20). The van der Waals surface area contributed by atoms with Crippen LogP contribution in [0.4, 0.5) is 4.39 Å². The molecule has 1 aromatic carbocycles. The van der Waals surface area contributed by atoms with E-state index in [9.17, 15) is 19.1 Å².